The summed E-state index contributed by atoms with van der Waals surface area (Å²) in [6.07, 6.45) is 2.26. The van der Waals surface area contributed by atoms with E-state index in [1.807, 2.05) is 17.0 Å². The molecule has 1 aromatic carbocycles. The second kappa shape index (κ2) is 6.13. The van der Waals surface area contributed by atoms with Gasteiger partial charge in [0.15, 0.2) is 11.5 Å². The van der Waals surface area contributed by atoms with Gasteiger partial charge in [-0.05, 0) is 34.7 Å². The van der Waals surface area contributed by atoms with E-state index in [1.54, 1.807) is 0 Å². The minimum absolute atomic E-state index is 0.0565. The molecule has 1 aromatic rings. The van der Waals surface area contributed by atoms with Crippen molar-refractivity contribution in [3.63, 3.8) is 0 Å². The molecule has 1 fully saturated rings. The summed E-state index contributed by atoms with van der Waals surface area (Å²) in [4.78, 5) is 14.2. The Hall–Kier alpha value is -1.43. The first-order valence-corrected chi connectivity index (χ1v) is 8.08. The van der Waals surface area contributed by atoms with Crippen LogP contribution in [-0.2, 0) is 0 Å². The summed E-state index contributed by atoms with van der Waals surface area (Å²) in [7, 11) is 0. The first-order chi connectivity index (χ1) is 10.1. The fraction of sp³-hybridized carbons (Fsp3) is 0.533. The van der Waals surface area contributed by atoms with E-state index >= 15 is 0 Å². The van der Waals surface area contributed by atoms with E-state index in [2.05, 4.69) is 28.2 Å². The van der Waals surface area contributed by atoms with Crippen LogP contribution in [0.1, 0.15) is 19.8 Å². The number of urea groups is 1. The van der Waals surface area contributed by atoms with Gasteiger partial charge in [0.1, 0.15) is 13.2 Å². The van der Waals surface area contributed by atoms with Gasteiger partial charge in [-0.2, -0.15) is 0 Å². The van der Waals surface area contributed by atoms with Crippen LogP contribution in [-0.4, -0.2) is 37.2 Å². The Morgan fingerprint density at radius 3 is 2.76 bits per heavy atom. The van der Waals surface area contributed by atoms with Crippen molar-refractivity contribution in [1.82, 2.24) is 4.90 Å². The van der Waals surface area contributed by atoms with Gasteiger partial charge >= 0.3 is 6.03 Å². The van der Waals surface area contributed by atoms with Crippen LogP contribution < -0.4 is 14.8 Å². The normalized spacial score (nSPS) is 21.0. The van der Waals surface area contributed by atoms with Gasteiger partial charge < -0.3 is 19.7 Å². The van der Waals surface area contributed by atoms with Crippen molar-refractivity contribution in [3.05, 3.63) is 16.6 Å². The average Bonchev–Trinajstić information content (AvgIpc) is 2.48. The number of rotatable bonds is 1. The zero-order valence-corrected chi connectivity index (χ0v) is 13.6. The second-order valence-electron chi connectivity index (χ2n) is 5.60. The Bertz CT molecular complexity index is 550. The van der Waals surface area contributed by atoms with E-state index in [9.17, 15) is 4.79 Å². The molecule has 21 heavy (non-hydrogen) atoms. The zero-order chi connectivity index (χ0) is 14.8. The molecule has 2 amide bonds. The lowest BCUT2D eigenvalue weighted by molar-refractivity contribution is 0.171. The van der Waals surface area contributed by atoms with E-state index in [0.29, 0.717) is 36.3 Å². The minimum atomic E-state index is -0.0565. The number of amides is 2. The number of benzene rings is 1. The first-order valence-electron chi connectivity index (χ1n) is 7.28. The summed E-state index contributed by atoms with van der Waals surface area (Å²) in [5.74, 6) is 1.94. The third-order valence-corrected chi connectivity index (χ3v) is 4.47. The highest BCUT2D eigenvalue weighted by Gasteiger charge is 2.22. The maximum atomic E-state index is 12.4. The Labute approximate surface area is 132 Å². The molecule has 0 unspecified atom stereocenters. The number of carbonyl (C=O) groups excluding carboxylic acids is 1. The number of nitrogens with zero attached hydrogens (tertiary/aromatic N) is 1. The number of hydrogen-bond donors (Lipinski definition) is 1. The Morgan fingerprint density at radius 1 is 1.33 bits per heavy atom. The molecule has 0 saturated carbocycles. The fourth-order valence-electron chi connectivity index (χ4n) is 2.73. The number of hydrogen-bond acceptors (Lipinski definition) is 3. The maximum absolute atomic E-state index is 12.4. The molecule has 114 valence electrons. The van der Waals surface area contributed by atoms with Gasteiger partial charge in [-0.1, -0.05) is 6.92 Å². The van der Waals surface area contributed by atoms with E-state index < -0.39 is 0 Å². The number of carbonyl (C=O) groups is 1. The van der Waals surface area contributed by atoms with Gasteiger partial charge in [-0.25, -0.2) is 4.79 Å². The number of ether oxygens (including phenoxy) is 2. The molecule has 0 aromatic heterocycles. The van der Waals surface area contributed by atoms with Crippen molar-refractivity contribution in [2.45, 2.75) is 19.8 Å². The highest BCUT2D eigenvalue weighted by molar-refractivity contribution is 9.10. The van der Waals surface area contributed by atoms with Crippen molar-refractivity contribution in [3.8, 4) is 11.5 Å². The quantitative estimate of drug-likeness (QED) is 0.839. The van der Waals surface area contributed by atoms with Gasteiger partial charge in [-0.3, -0.25) is 0 Å². The van der Waals surface area contributed by atoms with Crippen molar-refractivity contribution in [1.29, 1.82) is 0 Å². The number of nitrogens with one attached hydrogen (secondary N) is 1. The van der Waals surface area contributed by atoms with Crippen LogP contribution in [0.3, 0.4) is 0 Å². The Morgan fingerprint density at radius 2 is 2.05 bits per heavy atom. The highest BCUT2D eigenvalue weighted by Crippen LogP contribution is 2.38. The van der Waals surface area contributed by atoms with Crippen LogP contribution in [0.15, 0.2) is 16.6 Å². The van der Waals surface area contributed by atoms with Gasteiger partial charge in [0, 0.05) is 29.7 Å². The van der Waals surface area contributed by atoms with Crippen LogP contribution in [0, 0.1) is 5.92 Å². The summed E-state index contributed by atoms with van der Waals surface area (Å²) in [6, 6.07) is 3.59. The average molecular weight is 355 g/mol. The summed E-state index contributed by atoms with van der Waals surface area (Å²) >= 11 is 3.47. The first kappa shape index (κ1) is 14.5. The van der Waals surface area contributed by atoms with Gasteiger partial charge in [0.05, 0.1) is 5.69 Å². The van der Waals surface area contributed by atoms with Crippen molar-refractivity contribution in [2.24, 2.45) is 5.92 Å². The van der Waals surface area contributed by atoms with E-state index in [1.165, 1.54) is 6.42 Å². The SMILES string of the molecule is C[C@H]1CCCN(C(=O)Nc2cc3c(cc2Br)OCCO3)C1. The third kappa shape index (κ3) is 3.26. The molecule has 0 bridgehead atoms. The minimum Gasteiger partial charge on any atom is -0.486 e. The van der Waals surface area contributed by atoms with Crippen LogP contribution in [0.2, 0.25) is 0 Å². The van der Waals surface area contributed by atoms with Crippen molar-refractivity contribution in [2.75, 3.05) is 31.6 Å². The summed E-state index contributed by atoms with van der Waals surface area (Å²) in [5.41, 5.74) is 0.711. The maximum Gasteiger partial charge on any atom is 0.321 e. The van der Waals surface area contributed by atoms with Gasteiger partial charge in [0.25, 0.3) is 0 Å². The lowest BCUT2D eigenvalue weighted by atomic mass is 10.0. The van der Waals surface area contributed by atoms with Gasteiger partial charge in [0.2, 0.25) is 0 Å². The number of likely N-dealkylation sites (tertiary alicyclic amines) is 1. The molecule has 3 rings (SSSR count). The number of halogens is 1. The van der Waals surface area contributed by atoms with Crippen LogP contribution in [0.5, 0.6) is 11.5 Å². The van der Waals surface area contributed by atoms with Crippen molar-refractivity contribution >= 4 is 27.6 Å². The topological polar surface area (TPSA) is 50.8 Å². The molecule has 2 heterocycles. The Balaban J connectivity index is 1.73. The molecule has 1 saturated heterocycles. The van der Waals surface area contributed by atoms with Crippen LogP contribution >= 0.6 is 15.9 Å². The summed E-state index contributed by atoms with van der Waals surface area (Å²) in [6.45, 7) is 4.90. The van der Waals surface area contributed by atoms with Crippen LogP contribution in [0.4, 0.5) is 10.5 Å². The summed E-state index contributed by atoms with van der Waals surface area (Å²) in [5, 5.41) is 2.96. The number of anilines is 1. The number of piperidine rings is 1. The molecule has 5 nitrogen and oxygen atoms in total. The summed E-state index contributed by atoms with van der Waals surface area (Å²) < 4.78 is 11.9. The zero-order valence-electron chi connectivity index (χ0n) is 12.0. The molecule has 2 aliphatic rings. The van der Waals surface area contributed by atoms with Crippen molar-refractivity contribution < 1.29 is 14.3 Å². The molecule has 0 aliphatic carbocycles. The van der Waals surface area contributed by atoms with E-state index in [0.717, 1.165) is 24.0 Å². The molecule has 1 atom stereocenters. The fourth-order valence-corrected chi connectivity index (χ4v) is 3.15. The number of fused-ring (bicyclic) bond motifs is 1. The largest absolute Gasteiger partial charge is 0.486 e. The predicted octanol–water partition coefficient (Wildman–Crippen LogP) is 3.48. The Kier molecular flexibility index (Phi) is 4.24. The molecular weight excluding hydrogens is 336 g/mol. The van der Waals surface area contributed by atoms with E-state index in [4.69, 9.17) is 9.47 Å². The third-order valence-electron chi connectivity index (χ3n) is 3.82. The molecule has 0 radical (unpaired) electrons. The lowest BCUT2D eigenvalue weighted by Crippen LogP contribution is -2.41. The molecule has 1 N–H and O–H groups in total. The molecule has 6 heteroatoms. The molecular formula is C15H19BrN2O3. The van der Waals surface area contributed by atoms with Crippen LogP contribution in [0.25, 0.3) is 0 Å². The molecule has 2 aliphatic heterocycles. The van der Waals surface area contributed by atoms with E-state index in [-0.39, 0.29) is 6.03 Å². The monoisotopic (exact) mass is 354 g/mol. The van der Waals surface area contributed by atoms with Gasteiger partial charge in [-0.15, -0.1) is 0 Å². The highest BCUT2D eigenvalue weighted by atomic mass is 79.9. The molecule has 0 spiro atoms. The second-order valence-corrected chi connectivity index (χ2v) is 6.45. The smallest absolute Gasteiger partial charge is 0.321 e. The predicted molar refractivity (Wildman–Crippen MR) is 84.1 cm³/mol. The lowest BCUT2D eigenvalue weighted by Gasteiger charge is -2.31. The standard InChI is InChI=1S/C15H19BrN2O3/c1-10-3-2-4-18(9-10)15(19)17-12-8-14-13(7-11(12)16)20-5-6-21-14/h7-8,10H,2-6,9H2,1H3,(H,17,19)/t10-/m0/s1.